The maximum atomic E-state index is 4.77. The zero-order valence-corrected chi connectivity index (χ0v) is 16.9. The van der Waals surface area contributed by atoms with E-state index in [4.69, 9.17) is 4.99 Å². The average Bonchev–Trinajstić information content (AvgIpc) is 3.17. The number of aliphatic imine (C=N–C) groups is 1. The summed E-state index contributed by atoms with van der Waals surface area (Å²) in [5.41, 5.74) is 0. The lowest BCUT2D eigenvalue weighted by molar-refractivity contribution is 0.302. The molecule has 2 N–H and O–H groups in total. The van der Waals surface area contributed by atoms with Crippen LogP contribution in [0.15, 0.2) is 22.5 Å². The van der Waals surface area contributed by atoms with Gasteiger partial charge in [-0.05, 0) is 63.3 Å². The van der Waals surface area contributed by atoms with Crippen LogP contribution in [0, 0.1) is 0 Å². The second-order valence-corrected chi connectivity index (χ2v) is 7.42. The molecule has 0 spiro atoms. The Morgan fingerprint density at radius 1 is 1.28 bits per heavy atom. The molecule has 1 aliphatic heterocycles. The summed E-state index contributed by atoms with van der Waals surface area (Å²) in [7, 11) is 0. The van der Waals surface area contributed by atoms with Crippen molar-refractivity contribution in [1.82, 2.24) is 15.5 Å². The van der Waals surface area contributed by atoms with Crippen molar-refractivity contribution in [2.75, 3.05) is 50.7 Å². The van der Waals surface area contributed by atoms with Gasteiger partial charge in [-0.15, -0.1) is 11.3 Å². The van der Waals surface area contributed by atoms with Gasteiger partial charge in [-0.1, -0.05) is 13.8 Å². The summed E-state index contributed by atoms with van der Waals surface area (Å²) in [6.45, 7) is 14.0. The number of piperidine rings is 1. The van der Waals surface area contributed by atoms with Crippen LogP contribution in [0.3, 0.4) is 0 Å². The molecule has 6 heteroatoms. The fourth-order valence-electron chi connectivity index (χ4n) is 3.23. The molecular formula is C19H35N5S. The fraction of sp³-hybridized carbons (Fsp3) is 0.737. The Balaban J connectivity index is 1.74. The summed E-state index contributed by atoms with van der Waals surface area (Å²) >= 11 is 1.84. The van der Waals surface area contributed by atoms with Crippen molar-refractivity contribution in [2.24, 2.45) is 4.99 Å². The van der Waals surface area contributed by atoms with Crippen LogP contribution in [-0.4, -0.2) is 62.7 Å². The average molecular weight is 366 g/mol. The Morgan fingerprint density at radius 3 is 2.64 bits per heavy atom. The molecule has 25 heavy (non-hydrogen) atoms. The minimum atomic E-state index is 0.525. The number of thiophene rings is 1. The largest absolute Gasteiger partial charge is 0.363 e. The topological polar surface area (TPSA) is 42.9 Å². The number of nitrogens with zero attached hydrogens (tertiary/aromatic N) is 3. The molecule has 1 saturated heterocycles. The van der Waals surface area contributed by atoms with E-state index in [1.165, 1.54) is 17.8 Å². The van der Waals surface area contributed by atoms with Crippen molar-refractivity contribution in [3.05, 3.63) is 17.5 Å². The van der Waals surface area contributed by atoms with E-state index in [9.17, 15) is 0 Å². The van der Waals surface area contributed by atoms with Crippen LogP contribution < -0.4 is 15.5 Å². The van der Waals surface area contributed by atoms with E-state index in [1.807, 2.05) is 11.3 Å². The van der Waals surface area contributed by atoms with Crippen LogP contribution in [0.2, 0.25) is 0 Å². The van der Waals surface area contributed by atoms with E-state index >= 15 is 0 Å². The predicted octanol–water partition coefficient (Wildman–Crippen LogP) is 3.00. The van der Waals surface area contributed by atoms with Gasteiger partial charge in [-0.2, -0.15) is 0 Å². The van der Waals surface area contributed by atoms with E-state index in [1.54, 1.807) is 0 Å². The van der Waals surface area contributed by atoms with Crippen LogP contribution in [0.5, 0.6) is 0 Å². The highest BCUT2D eigenvalue weighted by Gasteiger charge is 2.20. The first-order valence-corrected chi connectivity index (χ1v) is 10.7. The molecule has 1 fully saturated rings. The van der Waals surface area contributed by atoms with Crippen molar-refractivity contribution >= 4 is 22.3 Å². The lowest BCUT2D eigenvalue weighted by atomic mass is 10.1. The monoisotopic (exact) mass is 365 g/mol. The molecule has 142 valence electrons. The second kappa shape index (κ2) is 11.4. The SMILES string of the molecule is CCNC(=NCCCN(CC)CC)NC1CCN(c2cccs2)CC1. The van der Waals surface area contributed by atoms with Crippen molar-refractivity contribution in [3.8, 4) is 0 Å². The third kappa shape index (κ3) is 6.86. The lowest BCUT2D eigenvalue weighted by Crippen LogP contribution is -2.48. The molecule has 0 amide bonds. The van der Waals surface area contributed by atoms with Crippen LogP contribution in [0.1, 0.15) is 40.0 Å². The molecule has 2 heterocycles. The number of nitrogens with one attached hydrogen (secondary N) is 2. The molecule has 1 aliphatic rings. The van der Waals surface area contributed by atoms with Crippen LogP contribution in [0.25, 0.3) is 0 Å². The number of anilines is 1. The van der Waals surface area contributed by atoms with Gasteiger partial charge in [0, 0.05) is 32.2 Å². The molecule has 0 aliphatic carbocycles. The molecule has 0 bridgehead atoms. The van der Waals surface area contributed by atoms with Gasteiger partial charge in [0.05, 0.1) is 5.00 Å². The first-order chi connectivity index (χ1) is 12.3. The summed E-state index contributed by atoms with van der Waals surface area (Å²) in [5, 5.41) is 10.6. The van der Waals surface area contributed by atoms with Crippen LogP contribution in [-0.2, 0) is 0 Å². The quantitative estimate of drug-likeness (QED) is 0.401. The first-order valence-electron chi connectivity index (χ1n) is 9.82. The number of guanidine groups is 1. The Bertz CT molecular complexity index is 476. The Morgan fingerprint density at radius 2 is 2.04 bits per heavy atom. The standard InChI is InChI=1S/C19H35N5S/c1-4-20-19(21-12-8-13-23(5-2)6-3)22-17-10-14-24(15-11-17)18-9-7-16-25-18/h7,9,16-17H,4-6,8,10-15H2,1-3H3,(H2,20,21,22). The summed E-state index contributed by atoms with van der Waals surface area (Å²) in [5.74, 6) is 0.983. The highest BCUT2D eigenvalue weighted by atomic mass is 32.1. The van der Waals surface area contributed by atoms with Gasteiger partial charge in [-0.3, -0.25) is 4.99 Å². The van der Waals surface area contributed by atoms with Crippen LogP contribution >= 0.6 is 11.3 Å². The third-order valence-electron chi connectivity index (χ3n) is 4.79. The van der Waals surface area contributed by atoms with Crippen molar-refractivity contribution in [2.45, 2.75) is 46.1 Å². The van der Waals surface area contributed by atoms with Gasteiger partial charge >= 0.3 is 0 Å². The van der Waals surface area contributed by atoms with E-state index in [0.717, 1.165) is 58.2 Å². The minimum Gasteiger partial charge on any atom is -0.363 e. The molecule has 0 saturated carbocycles. The number of hydrogen-bond donors (Lipinski definition) is 2. The van der Waals surface area contributed by atoms with Gasteiger partial charge < -0.3 is 20.4 Å². The summed E-state index contributed by atoms with van der Waals surface area (Å²) in [4.78, 5) is 9.72. The Labute approximate surface area is 157 Å². The van der Waals surface area contributed by atoms with Gasteiger partial charge in [0.15, 0.2) is 5.96 Å². The molecule has 0 aromatic carbocycles. The molecule has 1 aromatic heterocycles. The molecule has 1 aromatic rings. The molecular weight excluding hydrogens is 330 g/mol. The maximum absolute atomic E-state index is 4.77. The van der Waals surface area contributed by atoms with E-state index in [-0.39, 0.29) is 0 Å². The van der Waals surface area contributed by atoms with E-state index in [0.29, 0.717) is 6.04 Å². The first kappa shape index (κ1) is 20.0. The van der Waals surface area contributed by atoms with Crippen molar-refractivity contribution in [1.29, 1.82) is 0 Å². The molecule has 2 rings (SSSR count). The van der Waals surface area contributed by atoms with Crippen molar-refractivity contribution in [3.63, 3.8) is 0 Å². The van der Waals surface area contributed by atoms with Gasteiger partial charge in [0.1, 0.15) is 0 Å². The van der Waals surface area contributed by atoms with Gasteiger partial charge in [0.25, 0.3) is 0 Å². The zero-order chi connectivity index (χ0) is 17.9. The normalized spacial score (nSPS) is 16.5. The minimum absolute atomic E-state index is 0.525. The summed E-state index contributed by atoms with van der Waals surface area (Å²) < 4.78 is 0. The molecule has 0 unspecified atom stereocenters. The second-order valence-electron chi connectivity index (χ2n) is 6.50. The highest BCUT2D eigenvalue weighted by molar-refractivity contribution is 7.14. The lowest BCUT2D eigenvalue weighted by Gasteiger charge is -2.33. The summed E-state index contributed by atoms with van der Waals surface area (Å²) in [6.07, 6.45) is 3.46. The van der Waals surface area contributed by atoms with E-state index in [2.05, 4.69) is 58.7 Å². The molecule has 0 atom stereocenters. The maximum Gasteiger partial charge on any atom is 0.191 e. The third-order valence-corrected chi connectivity index (χ3v) is 5.72. The van der Waals surface area contributed by atoms with E-state index < -0.39 is 0 Å². The molecule has 5 nitrogen and oxygen atoms in total. The fourth-order valence-corrected chi connectivity index (χ4v) is 4.02. The zero-order valence-electron chi connectivity index (χ0n) is 16.1. The highest BCUT2D eigenvalue weighted by Crippen LogP contribution is 2.24. The smallest absolute Gasteiger partial charge is 0.191 e. The Hall–Kier alpha value is -1.27. The number of rotatable bonds is 9. The number of hydrogen-bond acceptors (Lipinski definition) is 4. The van der Waals surface area contributed by atoms with Crippen LogP contribution in [0.4, 0.5) is 5.00 Å². The van der Waals surface area contributed by atoms with Gasteiger partial charge in [0.2, 0.25) is 0 Å². The van der Waals surface area contributed by atoms with Gasteiger partial charge in [-0.25, -0.2) is 0 Å². The predicted molar refractivity (Wildman–Crippen MR) is 111 cm³/mol. The molecule has 0 radical (unpaired) electrons. The Kier molecular flexibility index (Phi) is 9.11. The summed E-state index contributed by atoms with van der Waals surface area (Å²) in [6, 6.07) is 4.88. The van der Waals surface area contributed by atoms with Crippen molar-refractivity contribution < 1.29 is 0 Å².